The van der Waals surface area contributed by atoms with Crippen LogP contribution in [0, 0.1) is 0 Å². The molecule has 2 amide bonds. The van der Waals surface area contributed by atoms with Gasteiger partial charge < -0.3 is 25.4 Å². The van der Waals surface area contributed by atoms with Crippen molar-refractivity contribution in [1.82, 2.24) is 4.90 Å². The quantitative estimate of drug-likeness (QED) is 0.769. The van der Waals surface area contributed by atoms with Crippen LogP contribution in [0.15, 0.2) is 48.5 Å². The highest BCUT2D eigenvalue weighted by molar-refractivity contribution is 5.95. The number of fused-ring (bicyclic) bond motifs is 1. The molecule has 0 aliphatic carbocycles. The number of hydrogen-bond acceptors (Lipinski definition) is 5. The minimum atomic E-state index is -0.798. The smallest absolute Gasteiger partial charge is 0.244 e. The summed E-state index contributed by atoms with van der Waals surface area (Å²) in [6, 6.07) is 13.5. The van der Waals surface area contributed by atoms with Crippen molar-refractivity contribution < 1.29 is 19.1 Å². The number of carbonyl (C=O) groups excluding carboxylic acids is 2. The molecule has 150 valence electrons. The molecule has 1 aliphatic rings. The lowest BCUT2D eigenvalue weighted by atomic mass is 10.1. The van der Waals surface area contributed by atoms with Crippen molar-refractivity contribution >= 4 is 29.9 Å². The van der Waals surface area contributed by atoms with Gasteiger partial charge in [0.05, 0.1) is 6.54 Å². The third kappa shape index (κ3) is 5.15. The van der Waals surface area contributed by atoms with Crippen LogP contribution in [0.2, 0.25) is 0 Å². The summed E-state index contributed by atoms with van der Waals surface area (Å²) >= 11 is 0. The van der Waals surface area contributed by atoms with Crippen molar-refractivity contribution in [1.29, 1.82) is 0 Å². The Morgan fingerprint density at radius 1 is 1.11 bits per heavy atom. The average Bonchev–Trinajstić information content (AvgIpc) is 2.71. The van der Waals surface area contributed by atoms with Crippen molar-refractivity contribution in [3.05, 3.63) is 54.1 Å². The molecule has 8 heteroatoms. The van der Waals surface area contributed by atoms with Gasteiger partial charge in [-0.1, -0.05) is 30.3 Å². The zero-order valence-electron chi connectivity index (χ0n) is 15.6. The van der Waals surface area contributed by atoms with Gasteiger partial charge in [0, 0.05) is 18.3 Å². The first-order valence-electron chi connectivity index (χ1n) is 8.87. The van der Waals surface area contributed by atoms with Gasteiger partial charge in [-0.15, -0.1) is 12.4 Å². The third-order valence-electron chi connectivity index (χ3n) is 4.28. The predicted molar refractivity (Wildman–Crippen MR) is 109 cm³/mol. The van der Waals surface area contributed by atoms with Gasteiger partial charge in [-0.3, -0.25) is 9.59 Å². The van der Waals surface area contributed by atoms with Crippen molar-refractivity contribution in [2.45, 2.75) is 13.0 Å². The van der Waals surface area contributed by atoms with E-state index in [1.165, 1.54) is 4.90 Å². The largest absolute Gasteiger partial charge is 0.486 e. The van der Waals surface area contributed by atoms with Gasteiger partial charge in [0.1, 0.15) is 19.3 Å². The van der Waals surface area contributed by atoms with Crippen molar-refractivity contribution in [3.63, 3.8) is 0 Å². The molecule has 1 aliphatic heterocycles. The van der Waals surface area contributed by atoms with Crippen molar-refractivity contribution in [2.75, 3.05) is 31.6 Å². The van der Waals surface area contributed by atoms with Crippen LogP contribution in [0.25, 0.3) is 0 Å². The molecule has 2 aromatic rings. The molecule has 0 saturated carbocycles. The molecule has 0 saturated heterocycles. The summed E-state index contributed by atoms with van der Waals surface area (Å²) in [5.74, 6) is 0.648. The Hall–Kier alpha value is -2.77. The van der Waals surface area contributed by atoms with E-state index in [-0.39, 0.29) is 30.8 Å². The summed E-state index contributed by atoms with van der Waals surface area (Å²) in [5, 5.41) is 2.78. The molecule has 3 N–H and O–H groups in total. The van der Waals surface area contributed by atoms with E-state index >= 15 is 0 Å². The SMILES string of the molecule is CCN(CC(=O)Nc1ccc2c(c1)OCCO2)C(=O)C(N)c1ccccc1.Cl. The lowest BCUT2D eigenvalue weighted by Crippen LogP contribution is -2.42. The van der Waals surface area contributed by atoms with Crippen molar-refractivity contribution in [2.24, 2.45) is 5.73 Å². The first kappa shape index (κ1) is 21.5. The number of likely N-dealkylation sites (N-methyl/N-ethyl adjacent to an activating group) is 1. The van der Waals surface area contributed by atoms with E-state index in [0.717, 1.165) is 0 Å². The highest BCUT2D eigenvalue weighted by Crippen LogP contribution is 2.32. The number of ether oxygens (including phenoxy) is 2. The maximum atomic E-state index is 12.6. The third-order valence-corrected chi connectivity index (χ3v) is 4.28. The Morgan fingerprint density at radius 3 is 2.46 bits per heavy atom. The van der Waals surface area contributed by atoms with Crippen LogP contribution in [0.5, 0.6) is 11.5 Å². The molecule has 7 nitrogen and oxygen atoms in total. The Morgan fingerprint density at radius 2 is 1.79 bits per heavy atom. The summed E-state index contributed by atoms with van der Waals surface area (Å²) < 4.78 is 11.0. The highest BCUT2D eigenvalue weighted by atomic mass is 35.5. The summed E-state index contributed by atoms with van der Waals surface area (Å²) in [6.45, 7) is 3.10. The summed E-state index contributed by atoms with van der Waals surface area (Å²) in [6.07, 6.45) is 0. The first-order chi connectivity index (χ1) is 13.1. The number of rotatable bonds is 6. The summed E-state index contributed by atoms with van der Waals surface area (Å²) in [5.41, 5.74) is 7.37. The predicted octanol–water partition coefficient (Wildman–Crippen LogP) is 2.37. The number of amides is 2. The number of halogens is 1. The van der Waals surface area contributed by atoms with Gasteiger partial charge in [-0.25, -0.2) is 0 Å². The average molecular weight is 406 g/mol. The minimum Gasteiger partial charge on any atom is -0.486 e. The van der Waals surface area contributed by atoms with Gasteiger partial charge in [0.2, 0.25) is 11.8 Å². The molecule has 0 spiro atoms. The topological polar surface area (TPSA) is 93.9 Å². The maximum absolute atomic E-state index is 12.6. The molecule has 0 aromatic heterocycles. The molecule has 1 unspecified atom stereocenters. The zero-order valence-corrected chi connectivity index (χ0v) is 16.4. The van der Waals surface area contributed by atoms with Gasteiger partial charge >= 0.3 is 0 Å². The van der Waals surface area contributed by atoms with Crippen molar-refractivity contribution in [3.8, 4) is 11.5 Å². The van der Waals surface area contributed by atoms with Crippen LogP contribution in [-0.2, 0) is 9.59 Å². The molecule has 2 aromatic carbocycles. The summed E-state index contributed by atoms with van der Waals surface area (Å²) in [7, 11) is 0. The Balaban J connectivity index is 0.00000280. The fourth-order valence-corrected chi connectivity index (χ4v) is 2.84. The maximum Gasteiger partial charge on any atom is 0.244 e. The van der Waals surface area contributed by atoms with Gasteiger partial charge in [-0.05, 0) is 24.6 Å². The number of benzene rings is 2. The van der Waals surface area contributed by atoms with E-state index in [0.29, 0.717) is 42.5 Å². The second-order valence-corrected chi connectivity index (χ2v) is 6.15. The molecule has 1 heterocycles. The van der Waals surface area contributed by atoms with E-state index in [9.17, 15) is 9.59 Å². The molecule has 0 bridgehead atoms. The lowest BCUT2D eigenvalue weighted by Gasteiger charge is -2.24. The molecule has 3 rings (SSSR count). The van der Waals surface area contributed by atoms with Crippen LogP contribution in [0.3, 0.4) is 0 Å². The van der Waals surface area contributed by atoms with Crippen LogP contribution >= 0.6 is 12.4 Å². The fraction of sp³-hybridized carbons (Fsp3) is 0.300. The zero-order chi connectivity index (χ0) is 19.2. The Labute approximate surface area is 170 Å². The lowest BCUT2D eigenvalue weighted by molar-refractivity contribution is -0.135. The number of nitrogens with zero attached hydrogens (tertiary/aromatic N) is 1. The van der Waals surface area contributed by atoms with E-state index in [4.69, 9.17) is 15.2 Å². The second kappa shape index (κ2) is 9.96. The first-order valence-corrected chi connectivity index (χ1v) is 8.87. The van der Waals surface area contributed by atoms with E-state index in [1.807, 2.05) is 25.1 Å². The molecule has 0 radical (unpaired) electrons. The number of carbonyl (C=O) groups is 2. The molecule has 28 heavy (non-hydrogen) atoms. The van der Waals surface area contributed by atoms with Crippen LogP contribution in [0.4, 0.5) is 5.69 Å². The molecule has 1 atom stereocenters. The van der Waals surface area contributed by atoms with Gasteiger partial charge in [-0.2, -0.15) is 0 Å². The minimum absolute atomic E-state index is 0. The number of anilines is 1. The summed E-state index contributed by atoms with van der Waals surface area (Å²) in [4.78, 5) is 26.5. The standard InChI is InChI=1S/C20H23N3O4.ClH/c1-2-23(20(25)19(21)14-6-4-3-5-7-14)13-18(24)22-15-8-9-16-17(12-15)27-11-10-26-16;/h3-9,12,19H,2,10-11,13,21H2,1H3,(H,22,24);1H. The van der Waals surface area contributed by atoms with Gasteiger partial charge in [0.15, 0.2) is 11.5 Å². The van der Waals surface area contributed by atoms with E-state index in [1.54, 1.807) is 30.3 Å². The normalized spacial score (nSPS) is 13.1. The van der Waals surface area contributed by atoms with Crippen LogP contribution < -0.4 is 20.5 Å². The molecular formula is C20H24ClN3O4. The molecular weight excluding hydrogens is 382 g/mol. The number of hydrogen-bond donors (Lipinski definition) is 2. The Kier molecular flexibility index (Phi) is 7.66. The fourth-order valence-electron chi connectivity index (χ4n) is 2.84. The number of nitrogens with one attached hydrogen (secondary N) is 1. The van der Waals surface area contributed by atoms with Gasteiger partial charge in [0.25, 0.3) is 0 Å². The van der Waals surface area contributed by atoms with E-state index < -0.39 is 6.04 Å². The van der Waals surface area contributed by atoms with E-state index in [2.05, 4.69) is 5.32 Å². The second-order valence-electron chi connectivity index (χ2n) is 6.15. The molecule has 0 fully saturated rings. The Bertz CT molecular complexity index is 816. The van der Waals surface area contributed by atoms with Crippen LogP contribution in [-0.4, -0.2) is 43.0 Å². The number of nitrogens with two attached hydrogens (primary N) is 1. The van der Waals surface area contributed by atoms with Crippen LogP contribution in [0.1, 0.15) is 18.5 Å². The highest BCUT2D eigenvalue weighted by Gasteiger charge is 2.23. The monoisotopic (exact) mass is 405 g/mol.